The summed E-state index contributed by atoms with van der Waals surface area (Å²) in [5, 5.41) is 2.87. The van der Waals surface area contributed by atoms with Crippen LogP contribution in [-0.4, -0.2) is 18.1 Å². The Kier molecular flexibility index (Phi) is 5.97. The Morgan fingerprint density at radius 1 is 1.04 bits per heavy atom. The summed E-state index contributed by atoms with van der Waals surface area (Å²) in [5.41, 5.74) is 0.732. The molecule has 1 saturated carbocycles. The zero-order valence-electron chi connectivity index (χ0n) is 14.2. The Bertz CT molecular complexity index is 694. The van der Waals surface area contributed by atoms with Crippen LogP contribution in [-0.2, 0) is 4.79 Å². The Morgan fingerprint density at radius 2 is 1.64 bits per heavy atom. The molecule has 0 aliphatic heterocycles. The molecule has 132 valence electrons. The van der Waals surface area contributed by atoms with E-state index < -0.39 is 6.10 Å². The molecule has 0 radical (unpaired) electrons. The second-order valence-electron chi connectivity index (χ2n) is 6.25. The van der Waals surface area contributed by atoms with Crippen LogP contribution in [0.3, 0.4) is 0 Å². The standard InChI is InChI=1S/C20H22BrNO3/c1-14(24-18-10-6-15(21)7-11-18)20(23)22-16-8-12-19(13-9-16)25-17-4-2-3-5-17/h6-14,17H,2-5H2,1H3,(H,22,23)/t14-/m0/s1. The zero-order valence-corrected chi connectivity index (χ0v) is 15.8. The van der Waals surface area contributed by atoms with Crippen LogP contribution < -0.4 is 14.8 Å². The SMILES string of the molecule is C[C@H](Oc1ccc(Br)cc1)C(=O)Nc1ccc(OC2CCCC2)cc1. The summed E-state index contributed by atoms with van der Waals surface area (Å²) in [6, 6.07) is 14.9. The van der Waals surface area contributed by atoms with Gasteiger partial charge >= 0.3 is 0 Å². The molecular weight excluding hydrogens is 382 g/mol. The van der Waals surface area contributed by atoms with Crippen molar-refractivity contribution in [3.8, 4) is 11.5 Å². The average Bonchev–Trinajstić information content (AvgIpc) is 3.11. The highest BCUT2D eigenvalue weighted by Crippen LogP contribution is 2.25. The lowest BCUT2D eigenvalue weighted by atomic mass is 10.2. The lowest BCUT2D eigenvalue weighted by Crippen LogP contribution is -2.30. The minimum absolute atomic E-state index is 0.188. The van der Waals surface area contributed by atoms with Gasteiger partial charge < -0.3 is 14.8 Å². The third-order valence-corrected chi connectivity index (χ3v) is 4.75. The highest BCUT2D eigenvalue weighted by molar-refractivity contribution is 9.10. The Hall–Kier alpha value is -2.01. The summed E-state index contributed by atoms with van der Waals surface area (Å²) in [6.07, 6.45) is 4.49. The van der Waals surface area contributed by atoms with Gasteiger partial charge in [-0.2, -0.15) is 0 Å². The highest BCUT2D eigenvalue weighted by Gasteiger charge is 2.17. The molecule has 0 unspecified atom stereocenters. The first kappa shape index (κ1) is 17.8. The molecule has 4 nitrogen and oxygen atoms in total. The molecule has 1 amide bonds. The van der Waals surface area contributed by atoms with Gasteiger partial charge in [-0.05, 0) is 81.1 Å². The van der Waals surface area contributed by atoms with E-state index in [1.165, 1.54) is 12.8 Å². The number of carbonyl (C=O) groups excluding carboxylic acids is 1. The van der Waals surface area contributed by atoms with E-state index in [0.29, 0.717) is 11.9 Å². The maximum absolute atomic E-state index is 12.3. The molecule has 0 bridgehead atoms. The fraction of sp³-hybridized carbons (Fsp3) is 0.350. The Morgan fingerprint density at radius 3 is 2.28 bits per heavy atom. The Labute approximate surface area is 156 Å². The quantitative estimate of drug-likeness (QED) is 0.722. The molecule has 5 heteroatoms. The van der Waals surface area contributed by atoms with Crippen LogP contribution in [0, 0.1) is 0 Å². The van der Waals surface area contributed by atoms with Crippen LogP contribution >= 0.6 is 15.9 Å². The van der Waals surface area contributed by atoms with Gasteiger partial charge in [-0.1, -0.05) is 15.9 Å². The number of carbonyl (C=O) groups is 1. The average molecular weight is 404 g/mol. The molecule has 3 rings (SSSR count). The molecule has 0 aromatic heterocycles. The van der Waals surface area contributed by atoms with Crippen LogP contribution in [0.4, 0.5) is 5.69 Å². The van der Waals surface area contributed by atoms with E-state index >= 15 is 0 Å². The van der Waals surface area contributed by atoms with E-state index in [9.17, 15) is 4.79 Å². The smallest absolute Gasteiger partial charge is 0.265 e. The molecule has 0 spiro atoms. The third-order valence-electron chi connectivity index (χ3n) is 4.22. The van der Waals surface area contributed by atoms with Gasteiger partial charge in [-0.15, -0.1) is 0 Å². The molecule has 25 heavy (non-hydrogen) atoms. The van der Waals surface area contributed by atoms with Crippen molar-refractivity contribution in [3.05, 3.63) is 53.0 Å². The first-order chi connectivity index (χ1) is 12.1. The number of ether oxygens (including phenoxy) is 2. The molecule has 1 atom stereocenters. The monoisotopic (exact) mass is 403 g/mol. The molecule has 1 aliphatic carbocycles. The molecule has 2 aromatic carbocycles. The number of anilines is 1. The zero-order chi connectivity index (χ0) is 17.6. The van der Waals surface area contributed by atoms with Crippen molar-refractivity contribution in [2.45, 2.75) is 44.8 Å². The summed E-state index contributed by atoms with van der Waals surface area (Å²) in [7, 11) is 0. The van der Waals surface area contributed by atoms with Crippen LogP contribution in [0.1, 0.15) is 32.6 Å². The minimum atomic E-state index is -0.587. The summed E-state index contributed by atoms with van der Waals surface area (Å²) in [5.74, 6) is 1.32. The topological polar surface area (TPSA) is 47.6 Å². The van der Waals surface area contributed by atoms with Crippen molar-refractivity contribution in [3.63, 3.8) is 0 Å². The predicted octanol–water partition coefficient (Wildman–Crippen LogP) is 5.18. The molecule has 0 heterocycles. The van der Waals surface area contributed by atoms with Gasteiger partial charge in [0.15, 0.2) is 6.10 Å². The molecule has 1 fully saturated rings. The number of amides is 1. The summed E-state index contributed by atoms with van der Waals surface area (Å²) in [4.78, 5) is 12.3. The summed E-state index contributed by atoms with van der Waals surface area (Å²) < 4.78 is 12.6. The number of halogens is 1. The minimum Gasteiger partial charge on any atom is -0.490 e. The molecular formula is C20H22BrNO3. The lowest BCUT2D eigenvalue weighted by Gasteiger charge is -2.16. The van der Waals surface area contributed by atoms with E-state index in [0.717, 1.165) is 28.8 Å². The lowest BCUT2D eigenvalue weighted by molar-refractivity contribution is -0.122. The molecule has 0 saturated heterocycles. The van der Waals surface area contributed by atoms with Crippen LogP contribution in [0.25, 0.3) is 0 Å². The van der Waals surface area contributed by atoms with E-state index in [1.54, 1.807) is 6.92 Å². The van der Waals surface area contributed by atoms with Crippen molar-refractivity contribution >= 4 is 27.5 Å². The van der Waals surface area contributed by atoms with E-state index in [4.69, 9.17) is 9.47 Å². The van der Waals surface area contributed by atoms with Crippen LogP contribution in [0.2, 0.25) is 0 Å². The second-order valence-corrected chi connectivity index (χ2v) is 7.17. The fourth-order valence-electron chi connectivity index (χ4n) is 2.83. The number of hydrogen-bond acceptors (Lipinski definition) is 3. The Balaban J connectivity index is 1.51. The summed E-state index contributed by atoms with van der Waals surface area (Å²) >= 11 is 3.37. The van der Waals surface area contributed by atoms with Crippen molar-refractivity contribution in [2.24, 2.45) is 0 Å². The maximum Gasteiger partial charge on any atom is 0.265 e. The first-order valence-corrected chi connectivity index (χ1v) is 9.39. The molecule has 2 aromatic rings. The van der Waals surface area contributed by atoms with Crippen LogP contribution in [0.15, 0.2) is 53.0 Å². The third kappa shape index (κ3) is 5.23. The van der Waals surface area contributed by atoms with Crippen molar-refractivity contribution in [1.29, 1.82) is 0 Å². The van der Waals surface area contributed by atoms with Gasteiger partial charge in [0.05, 0.1) is 6.10 Å². The van der Waals surface area contributed by atoms with Crippen molar-refractivity contribution < 1.29 is 14.3 Å². The number of hydrogen-bond donors (Lipinski definition) is 1. The predicted molar refractivity (Wildman–Crippen MR) is 102 cm³/mol. The molecule has 1 aliphatic rings. The van der Waals surface area contributed by atoms with E-state index in [-0.39, 0.29) is 5.91 Å². The van der Waals surface area contributed by atoms with Gasteiger partial charge in [-0.25, -0.2) is 0 Å². The fourth-order valence-corrected chi connectivity index (χ4v) is 3.09. The van der Waals surface area contributed by atoms with E-state index in [1.807, 2.05) is 48.5 Å². The first-order valence-electron chi connectivity index (χ1n) is 8.60. The van der Waals surface area contributed by atoms with E-state index in [2.05, 4.69) is 21.2 Å². The van der Waals surface area contributed by atoms with Gasteiger partial charge in [-0.3, -0.25) is 4.79 Å². The van der Waals surface area contributed by atoms with Crippen molar-refractivity contribution in [2.75, 3.05) is 5.32 Å². The van der Waals surface area contributed by atoms with Gasteiger partial charge in [0.1, 0.15) is 11.5 Å². The van der Waals surface area contributed by atoms with Gasteiger partial charge in [0, 0.05) is 10.2 Å². The number of rotatable bonds is 6. The number of nitrogens with one attached hydrogen (secondary N) is 1. The molecule has 1 N–H and O–H groups in total. The van der Waals surface area contributed by atoms with Crippen LogP contribution in [0.5, 0.6) is 11.5 Å². The normalized spacial score (nSPS) is 15.6. The highest BCUT2D eigenvalue weighted by atomic mass is 79.9. The van der Waals surface area contributed by atoms with Gasteiger partial charge in [0.25, 0.3) is 5.91 Å². The second kappa shape index (κ2) is 8.39. The van der Waals surface area contributed by atoms with Crippen molar-refractivity contribution in [1.82, 2.24) is 0 Å². The van der Waals surface area contributed by atoms with Gasteiger partial charge in [0.2, 0.25) is 0 Å². The summed E-state index contributed by atoms with van der Waals surface area (Å²) in [6.45, 7) is 1.73. The maximum atomic E-state index is 12.3. The largest absolute Gasteiger partial charge is 0.490 e. The number of benzene rings is 2.